The van der Waals surface area contributed by atoms with Crippen molar-refractivity contribution in [2.75, 3.05) is 6.61 Å². The Morgan fingerprint density at radius 1 is 1.50 bits per heavy atom. The fraction of sp³-hybridized carbons (Fsp3) is 0.312. The molecule has 1 amide bonds. The van der Waals surface area contributed by atoms with Gasteiger partial charge in [-0.2, -0.15) is 0 Å². The van der Waals surface area contributed by atoms with Gasteiger partial charge in [0.05, 0.1) is 19.3 Å². The van der Waals surface area contributed by atoms with Crippen LogP contribution in [0.2, 0.25) is 0 Å². The van der Waals surface area contributed by atoms with Crippen LogP contribution < -0.4 is 10.9 Å². The molecule has 8 nitrogen and oxygen atoms in total. The molecule has 0 saturated heterocycles. The molecule has 1 unspecified atom stereocenters. The third-order valence-electron chi connectivity index (χ3n) is 3.94. The fourth-order valence-electron chi connectivity index (χ4n) is 2.71. The highest BCUT2D eigenvalue weighted by Gasteiger charge is 2.19. The SMILES string of the molecule is Cc1nc2cc(=O)[nH]n2c(C)c1CC(=O)NC(CO)c1ccco1. The first-order chi connectivity index (χ1) is 11.5. The number of aliphatic hydroxyl groups excluding tert-OH is 1. The molecule has 1 atom stereocenters. The van der Waals surface area contributed by atoms with Crippen LogP contribution >= 0.6 is 0 Å². The molecule has 0 saturated carbocycles. The maximum absolute atomic E-state index is 12.3. The Morgan fingerprint density at radius 3 is 2.96 bits per heavy atom. The van der Waals surface area contributed by atoms with Gasteiger partial charge >= 0.3 is 0 Å². The lowest BCUT2D eigenvalue weighted by atomic mass is 10.1. The molecule has 3 rings (SSSR count). The number of H-pyrrole nitrogens is 1. The quantitative estimate of drug-likeness (QED) is 0.635. The van der Waals surface area contributed by atoms with E-state index < -0.39 is 6.04 Å². The number of amides is 1. The molecule has 3 heterocycles. The highest BCUT2D eigenvalue weighted by Crippen LogP contribution is 2.16. The molecular weight excluding hydrogens is 312 g/mol. The lowest BCUT2D eigenvalue weighted by Gasteiger charge is -2.15. The summed E-state index contributed by atoms with van der Waals surface area (Å²) in [6, 6.07) is 4.19. The number of fused-ring (bicyclic) bond motifs is 1. The number of nitrogens with one attached hydrogen (secondary N) is 2. The van der Waals surface area contributed by atoms with Crippen LogP contribution in [0.3, 0.4) is 0 Å². The Hall–Kier alpha value is -2.87. The number of nitrogens with zero attached hydrogens (tertiary/aromatic N) is 2. The molecule has 3 N–H and O–H groups in total. The Bertz CT molecular complexity index is 924. The Balaban J connectivity index is 1.84. The topological polar surface area (TPSA) is 113 Å². The minimum atomic E-state index is -0.601. The third-order valence-corrected chi connectivity index (χ3v) is 3.94. The molecule has 0 fully saturated rings. The van der Waals surface area contributed by atoms with E-state index in [-0.39, 0.29) is 24.5 Å². The lowest BCUT2D eigenvalue weighted by Crippen LogP contribution is -2.32. The molecule has 3 aromatic rings. The molecule has 0 radical (unpaired) electrons. The molecule has 126 valence electrons. The summed E-state index contributed by atoms with van der Waals surface area (Å²) in [5.41, 5.74) is 2.42. The zero-order valence-electron chi connectivity index (χ0n) is 13.4. The van der Waals surface area contributed by atoms with E-state index in [4.69, 9.17) is 4.42 Å². The maximum atomic E-state index is 12.3. The highest BCUT2D eigenvalue weighted by molar-refractivity contribution is 5.79. The second kappa shape index (κ2) is 6.32. The maximum Gasteiger partial charge on any atom is 0.266 e. The number of hydrogen-bond acceptors (Lipinski definition) is 5. The summed E-state index contributed by atoms with van der Waals surface area (Å²) in [7, 11) is 0. The predicted octanol–water partition coefficient (Wildman–Crippen LogP) is 0.625. The number of aliphatic hydroxyl groups is 1. The second-order valence-corrected chi connectivity index (χ2v) is 5.57. The average molecular weight is 330 g/mol. The van der Waals surface area contributed by atoms with Crippen LogP contribution in [0.15, 0.2) is 33.7 Å². The van der Waals surface area contributed by atoms with Gasteiger partial charge in [-0.1, -0.05) is 0 Å². The third kappa shape index (κ3) is 2.95. The summed E-state index contributed by atoms with van der Waals surface area (Å²) >= 11 is 0. The van der Waals surface area contributed by atoms with Gasteiger partial charge in [0.2, 0.25) is 5.91 Å². The highest BCUT2D eigenvalue weighted by atomic mass is 16.3. The van der Waals surface area contributed by atoms with Gasteiger partial charge in [0, 0.05) is 23.0 Å². The van der Waals surface area contributed by atoms with Crippen molar-refractivity contribution in [3.05, 3.63) is 57.5 Å². The molecule has 0 aliphatic heterocycles. The molecule has 8 heteroatoms. The van der Waals surface area contributed by atoms with Crippen LogP contribution in [0.5, 0.6) is 0 Å². The average Bonchev–Trinajstić information content (AvgIpc) is 3.18. The number of furan rings is 1. The molecule has 0 aliphatic rings. The first kappa shape index (κ1) is 16.0. The Labute approximate surface area is 137 Å². The van der Waals surface area contributed by atoms with Gasteiger partial charge in [-0.25, -0.2) is 9.50 Å². The number of aryl methyl sites for hydroxylation is 2. The number of rotatable bonds is 5. The van der Waals surface area contributed by atoms with Crippen molar-refractivity contribution in [1.29, 1.82) is 0 Å². The van der Waals surface area contributed by atoms with Crippen molar-refractivity contribution in [2.24, 2.45) is 0 Å². The van der Waals surface area contributed by atoms with Crippen LogP contribution in [-0.4, -0.2) is 32.2 Å². The van der Waals surface area contributed by atoms with Gasteiger partial charge in [0.25, 0.3) is 5.56 Å². The number of carbonyl (C=O) groups is 1. The van der Waals surface area contributed by atoms with E-state index in [1.807, 2.05) is 6.92 Å². The van der Waals surface area contributed by atoms with Crippen LogP contribution in [0.25, 0.3) is 5.65 Å². The summed E-state index contributed by atoms with van der Waals surface area (Å²) in [4.78, 5) is 28.2. The minimum Gasteiger partial charge on any atom is -0.467 e. The predicted molar refractivity (Wildman–Crippen MR) is 85.7 cm³/mol. The van der Waals surface area contributed by atoms with E-state index in [2.05, 4.69) is 15.4 Å². The van der Waals surface area contributed by atoms with Gasteiger partial charge in [0.15, 0.2) is 5.65 Å². The molecule has 0 aliphatic carbocycles. The van der Waals surface area contributed by atoms with Crippen molar-refractivity contribution in [1.82, 2.24) is 19.9 Å². The van der Waals surface area contributed by atoms with E-state index in [1.165, 1.54) is 12.3 Å². The number of carbonyl (C=O) groups excluding carboxylic acids is 1. The van der Waals surface area contributed by atoms with Gasteiger partial charge in [-0.15, -0.1) is 0 Å². The molecule has 0 bridgehead atoms. The van der Waals surface area contributed by atoms with Crippen LogP contribution in [-0.2, 0) is 11.2 Å². The van der Waals surface area contributed by atoms with Gasteiger partial charge in [0.1, 0.15) is 11.8 Å². The minimum absolute atomic E-state index is 0.0814. The summed E-state index contributed by atoms with van der Waals surface area (Å²) in [6.07, 6.45) is 1.57. The Kier molecular flexibility index (Phi) is 4.22. The summed E-state index contributed by atoms with van der Waals surface area (Å²) < 4.78 is 6.78. The van der Waals surface area contributed by atoms with Gasteiger partial charge < -0.3 is 14.8 Å². The number of aromatic amines is 1. The van der Waals surface area contributed by atoms with Crippen molar-refractivity contribution in [3.8, 4) is 0 Å². The van der Waals surface area contributed by atoms with Gasteiger partial charge in [-0.05, 0) is 26.0 Å². The van der Waals surface area contributed by atoms with Gasteiger partial charge in [-0.3, -0.25) is 14.7 Å². The zero-order chi connectivity index (χ0) is 17.3. The first-order valence-corrected chi connectivity index (χ1v) is 7.51. The molecule has 0 spiro atoms. The zero-order valence-corrected chi connectivity index (χ0v) is 13.4. The van der Waals surface area contributed by atoms with Crippen LogP contribution in [0.1, 0.15) is 28.8 Å². The fourth-order valence-corrected chi connectivity index (χ4v) is 2.71. The van der Waals surface area contributed by atoms with Crippen molar-refractivity contribution >= 4 is 11.6 Å². The lowest BCUT2D eigenvalue weighted by molar-refractivity contribution is -0.121. The monoisotopic (exact) mass is 330 g/mol. The van der Waals surface area contributed by atoms with Crippen LogP contribution in [0, 0.1) is 13.8 Å². The summed E-state index contributed by atoms with van der Waals surface area (Å²) in [5.74, 6) is 0.218. The van der Waals surface area contributed by atoms with E-state index in [0.29, 0.717) is 17.1 Å². The van der Waals surface area contributed by atoms with Crippen LogP contribution in [0.4, 0.5) is 0 Å². The van der Waals surface area contributed by atoms with Crippen molar-refractivity contribution < 1.29 is 14.3 Å². The number of aromatic nitrogens is 3. The molecular formula is C16H18N4O4. The standard InChI is InChI=1S/C16H18N4O4/c1-9-11(10(2)20-14(17-9)7-16(23)19-20)6-15(22)18-12(8-21)13-4-3-5-24-13/h3-5,7,12,21H,6,8H2,1-2H3,(H,18,22)(H,19,23). The second-order valence-electron chi connectivity index (χ2n) is 5.57. The van der Waals surface area contributed by atoms with Crippen molar-refractivity contribution in [2.45, 2.75) is 26.3 Å². The van der Waals surface area contributed by atoms with E-state index in [0.717, 1.165) is 11.3 Å². The molecule has 24 heavy (non-hydrogen) atoms. The summed E-state index contributed by atoms with van der Waals surface area (Å²) in [5, 5.41) is 14.8. The smallest absolute Gasteiger partial charge is 0.266 e. The van der Waals surface area contributed by atoms with E-state index >= 15 is 0 Å². The van der Waals surface area contributed by atoms with Crippen molar-refractivity contribution in [3.63, 3.8) is 0 Å². The summed E-state index contributed by atoms with van der Waals surface area (Å²) in [6.45, 7) is 3.35. The number of hydrogen-bond donors (Lipinski definition) is 3. The molecule has 3 aromatic heterocycles. The first-order valence-electron chi connectivity index (χ1n) is 7.51. The normalized spacial score (nSPS) is 12.5. The van der Waals surface area contributed by atoms with E-state index in [9.17, 15) is 14.7 Å². The molecule has 0 aromatic carbocycles. The Morgan fingerprint density at radius 2 is 2.29 bits per heavy atom. The van der Waals surface area contributed by atoms with E-state index in [1.54, 1.807) is 23.6 Å². The largest absolute Gasteiger partial charge is 0.467 e.